The van der Waals surface area contributed by atoms with Crippen LogP contribution in [0.5, 0.6) is 0 Å². The summed E-state index contributed by atoms with van der Waals surface area (Å²) in [5.41, 5.74) is 8.07. The maximum atomic E-state index is 6.08. The van der Waals surface area contributed by atoms with Gasteiger partial charge in [0.1, 0.15) is 0 Å². The highest BCUT2D eigenvalue weighted by Gasteiger charge is 2.22. The number of hydrogen-bond acceptors (Lipinski definition) is 4. The van der Waals surface area contributed by atoms with Crippen molar-refractivity contribution < 1.29 is 0 Å². The van der Waals surface area contributed by atoms with Crippen molar-refractivity contribution >= 4 is 0 Å². The maximum absolute atomic E-state index is 6.08. The molecule has 106 valence electrons. The Morgan fingerprint density at radius 1 is 1.25 bits per heavy atom. The maximum Gasteiger partial charge on any atom is 0.0971 e. The van der Waals surface area contributed by atoms with Crippen LogP contribution in [0.4, 0.5) is 0 Å². The normalized spacial score (nSPS) is 23.9. The first kappa shape index (κ1) is 13.3. The molecule has 2 aromatic rings. The summed E-state index contributed by atoms with van der Waals surface area (Å²) >= 11 is 0. The number of nitrogens with two attached hydrogens (primary N) is 1. The van der Waals surface area contributed by atoms with Gasteiger partial charge >= 0.3 is 0 Å². The Kier molecular flexibility index (Phi) is 3.80. The summed E-state index contributed by atoms with van der Waals surface area (Å²) in [6, 6.07) is 10.3. The van der Waals surface area contributed by atoms with Gasteiger partial charge in [-0.2, -0.15) is 15.0 Å². The molecule has 1 aromatic heterocycles. The Labute approximate surface area is 119 Å². The number of hydrogen-bond donors (Lipinski definition) is 1. The van der Waals surface area contributed by atoms with Gasteiger partial charge in [-0.05, 0) is 24.5 Å². The topological polar surface area (TPSA) is 60.0 Å². The monoisotopic (exact) mass is 271 g/mol. The standard InChI is InChI=1S/C15H21N5/c1-12-7-13(16)10-19(9-12)11-14-8-17-20(18-14)15-5-3-2-4-6-15/h2-6,8,12-13H,7,9-11,16H2,1H3. The average molecular weight is 271 g/mol. The van der Waals surface area contributed by atoms with Gasteiger partial charge in [-0.15, -0.1) is 0 Å². The molecule has 1 aliphatic rings. The van der Waals surface area contributed by atoms with E-state index in [0.29, 0.717) is 5.92 Å². The summed E-state index contributed by atoms with van der Waals surface area (Å²) in [5, 5.41) is 8.89. The van der Waals surface area contributed by atoms with Crippen LogP contribution >= 0.6 is 0 Å². The molecule has 0 amide bonds. The van der Waals surface area contributed by atoms with Gasteiger partial charge in [-0.3, -0.25) is 4.90 Å². The summed E-state index contributed by atoms with van der Waals surface area (Å²) in [4.78, 5) is 4.06. The lowest BCUT2D eigenvalue weighted by Gasteiger charge is -2.34. The molecular weight excluding hydrogens is 250 g/mol. The van der Waals surface area contributed by atoms with E-state index in [0.717, 1.165) is 37.4 Å². The first-order chi connectivity index (χ1) is 9.70. The molecule has 1 aromatic carbocycles. The van der Waals surface area contributed by atoms with Crippen molar-refractivity contribution in [1.29, 1.82) is 0 Å². The van der Waals surface area contributed by atoms with Gasteiger partial charge in [-0.25, -0.2) is 0 Å². The molecule has 2 atom stereocenters. The molecule has 20 heavy (non-hydrogen) atoms. The molecule has 1 saturated heterocycles. The Bertz CT molecular complexity index is 540. The van der Waals surface area contributed by atoms with Crippen LogP contribution in [-0.4, -0.2) is 39.0 Å². The minimum absolute atomic E-state index is 0.280. The number of piperidine rings is 1. The molecular formula is C15H21N5. The van der Waals surface area contributed by atoms with Crippen LogP contribution in [0.3, 0.4) is 0 Å². The third-order valence-corrected chi connectivity index (χ3v) is 3.68. The third-order valence-electron chi connectivity index (χ3n) is 3.68. The van der Waals surface area contributed by atoms with Gasteiger partial charge in [0.2, 0.25) is 0 Å². The van der Waals surface area contributed by atoms with E-state index in [1.54, 1.807) is 4.80 Å². The zero-order valence-electron chi connectivity index (χ0n) is 11.8. The predicted molar refractivity (Wildman–Crippen MR) is 78.4 cm³/mol. The van der Waals surface area contributed by atoms with Crippen LogP contribution in [0.1, 0.15) is 19.0 Å². The minimum Gasteiger partial charge on any atom is -0.327 e. The van der Waals surface area contributed by atoms with Gasteiger partial charge < -0.3 is 5.73 Å². The lowest BCUT2D eigenvalue weighted by Crippen LogP contribution is -2.45. The van der Waals surface area contributed by atoms with Crippen molar-refractivity contribution in [2.45, 2.75) is 25.9 Å². The lowest BCUT2D eigenvalue weighted by molar-refractivity contribution is 0.156. The molecule has 5 heteroatoms. The van der Waals surface area contributed by atoms with Crippen molar-refractivity contribution in [3.63, 3.8) is 0 Å². The van der Waals surface area contributed by atoms with E-state index in [-0.39, 0.29) is 6.04 Å². The van der Waals surface area contributed by atoms with Crippen LogP contribution in [-0.2, 0) is 6.54 Å². The summed E-state index contributed by atoms with van der Waals surface area (Å²) in [7, 11) is 0. The van der Waals surface area contributed by atoms with Crippen molar-refractivity contribution in [1.82, 2.24) is 19.9 Å². The molecule has 1 fully saturated rings. The van der Waals surface area contributed by atoms with Gasteiger partial charge in [0.25, 0.3) is 0 Å². The molecule has 0 spiro atoms. The number of nitrogens with zero attached hydrogens (tertiary/aromatic N) is 4. The number of likely N-dealkylation sites (tertiary alicyclic amines) is 1. The van der Waals surface area contributed by atoms with E-state index in [2.05, 4.69) is 22.0 Å². The van der Waals surface area contributed by atoms with Crippen LogP contribution in [0.25, 0.3) is 5.69 Å². The fourth-order valence-electron chi connectivity index (χ4n) is 2.92. The zero-order chi connectivity index (χ0) is 13.9. The second-order valence-corrected chi connectivity index (χ2v) is 5.76. The second-order valence-electron chi connectivity index (χ2n) is 5.76. The van der Waals surface area contributed by atoms with E-state index in [1.807, 2.05) is 36.5 Å². The molecule has 2 N–H and O–H groups in total. The minimum atomic E-state index is 0.280. The number of rotatable bonds is 3. The van der Waals surface area contributed by atoms with Crippen molar-refractivity contribution in [3.05, 3.63) is 42.2 Å². The molecule has 3 rings (SSSR count). The summed E-state index contributed by atoms with van der Waals surface area (Å²) in [6.07, 6.45) is 2.96. The first-order valence-electron chi connectivity index (χ1n) is 7.15. The Morgan fingerprint density at radius 2 is 2.05 bits per heavy atom. The van der Waals surface area contributed by atoms with Crippen LogP contribution in [0.15, 0.2) is 36.5 Å². The van der Waals surface area contributed by atoms with E-state index in [4.69, 9.17) is 5.73 Å². The average Bonchev–Trinajstić information content (AvgIpc) is 2.87. The quantitative estimate of drug-likeness (QED) is 0.917. The van der Waals surface area contributed by atoms with E-state index in [1.165, 1.54) is 0 Å². The van der Waals surface area contributed by atoms with Gasteiger partial charge in [0, 0.05) is 25.7 Å². The number of aromatic nitrogens is 3. The van der Waals surface area contributed by atoms with E-state index >= 15 is 0 Å². The molecule has 2 unspecified atom stereocenters. The highest BCUT2D eigenvalue weighted by molar-refractivity contribution is 5.28. The fraction of sp³-hybridized carbons (Fsp3) is 0.467. The molecule has 0 saturated carbocycles. The first-order valence-corrected chi connectivity index (χ1v) is 7.15. The fourth-order valence-corrected chi connectivity index (χ4v) is 2.92. The summed E-state index contributed by atoms with van der Waals surface area (Å²) in [6.45, 7) is 5.12. The van der Waals surface area contributed by atoms with Gasteiger partial charge in [0.15, 0.2) is 0 Å². The summed E-state index contributed by atoms with van der Waals surface area (Å²) in [5.74, 6) is 0.655. The largest absolute Gasteiger partial charge is 0.327 e. The van der Waals surface area contributed by atoms with Gasteiger partial charge in [-0.1, -0.05) is 25.1 Å². The van der Waals surface area contributed by atoms with Crippen molar-refractivity contribution in [3.8, 4) is 5.69 Å². The van der Waals surface area contributed by atoms with Gasteiger partial charge in [0.05, 0.1) is 17.6 Å². The molecule has 1 aliphatic heterocycles. The Balaban J connectivity index is 1.68. The number of para-hydroxylation sites is 1. The van der Waals surface area contributed by atoms with E-state index < -0.39 is 0 Å². The third kappa shape index (κ3) is 3.05. The second kappa shape index (κ2) is 5.73. The highest BCUT2D eigenvalue weighted by atomic mass is 15.5. The highest BCUT2D eigenvalue weighted by Crippen LogP contribution is 2.16. The Morgan fingerprint density at radius 3 is 2.80 bits per heavy atom. The van der Waals surface area contributed by atoms with Crippen molar-refractivity contribution in [2.24, 2.45) is 11.7 Å². The number of benzene rings is 1. The summed E-state index contributed by atoms with van der Waals surface area (Å²) < 4.78 is 0. The SMILES string of the molecule is CC1CC(N)CN(Cc2cnn(-c3ccccc3)n2)C1. The Hall–Kier alpha value is -1.72. The van der Waals surface area contributed by atoms with E-state index in [9.17, 15) is 0 Å². The predicted octanol–water partition coefficient (Wildman–Crippen LogP) is 1.44. The van der Waals surface area contributed by atoms with Crippen molar-refractivity contribution in [2.75, 3.05) is 13.1 Å². The zero-order valence-corrected chi connectivity index (χ0v) is 11.8. The van der Waals surface area contributed by atoms with Crippen LogP contribution in [0.2, 0.25) is 0 Å². The molecule has 0 radical (unpaired) electrons. The molecule has 0 bridgehead atoms. The molecule has 5 nitrogen and oxygen atoms in total. The van der Waals surface area contributed by atoms with Crippen LogP contribution < -0.4 is 5.73 Å². The lowest BCUT2D eigenvalue weighted by atomic mass is 9.96. The van der Waals surface area contributed by atoms with Crippen LogP contribution in [0, 0.1) is 5.92 Å². The molecule has 2 heterocycles. The molecule has 0 aliphatic carbocycles. The smallest absolute Gasteiger partial charge is 0.0971 e.